The van der Waals surface area contributed by atoms with Gasteiger partial charge in [-0.15, -0.1) is 0 Å². The third-order valence-electron chi connectivity index (χ3n) is 4.22. The van der Waals surface area contributed by atoms with Gasteiger partial charge in [-0.3, -0.25) is 0 Å². The maximum absolute atomic E-state index is 4.31. The van der Waals surface area contributed by atoms with Gasteiger partial charge in [0.15, 0.2) is 0 Å². The summed E-state index contributed by atoms with van der Waals surface area (Å²) in [5, 5.41) is 8.61. The van der Waals surface area contributed by atoms with Crippen molar-refractivity contribution in [2.24, 2.45) is 10.2 Å². The van der Waals surface area contributed by atoms with Crippen LogP contribution in [0.25, 0.3) is 22.3 Å². The van der Waals surface area contributed by atoms with Crippen molar-refractivity contribution >= 4 is 22.5 Å². The molecule has 0 aliphatic rings. The molecule has 0 bridgehead atoms. The summed E-state index contributed by atoms with van der Waals surface area (Å²) in [6, 6.07) is 24.4. The Kier molecular flexibility index (Phi) is 5.23. The zero-order valence-electron chi connectivity index (χ0n) is 15.2. The molecule has 26 heavy (non-hydrogen) atoms. The zero-order chi connectivity index (χ0) is 18.5. The molecule has 0 aliphatic carbocycles. The van der Waals surface area contributed by atoms with Crippen LogP contribution in [0.4, 0.5) is 11.4 Å². The maximum Gasteiger partial charge on any atom is 0.0857 e. The molecular weight excluding hydrogens is 316 g/mol. The first-order valence-corrected chi connectivity index (χ1v) is 8.57. The van der Waals surface area contributed by atoms with Gasteiger partial charge in [-0.25, -0.2) is 0 Å². The van der Waals surface area contributed by atoms with Crippen LogP contribution in [0.3, 0.4) is 0 Å². The first-order chi connectivity index (χ1) is 12.5. The summed E-state index contributed by atoms with van der Waals surface area (Å²) in [5.74, 6) is 0. The normalized spacial score (nSPS) is 10.8. The van der Waals surface area contributed by atoms with Crippen molar-refractivity contribution < 1.29 is 0 Å². The van der Waals surface area contributed by atoms with E-state index in [0.717, 1.165) is 39.2 Å². The first kappa shape index (κ1) is 17.6. The summed E-state index contributed by atoms with van der Waals surface area (Å²) in [6.45, 7) is 11.9. The van der Waals surface area contributed by atoms with Crippen LogP contribution in [0, 0.1) is 0 Å². The van der Waals surface area contributed by atoms with Crippen LogP contribution in [0.2, 0.25) is 0 Å². The Morgan fingerprint density at radius 3 is 1.23 bits per heavy atom. The van der Waals surface area contributed by atoms with E-state index in [2.05, 4.69) is 59.8 Å². The standard InChI is InChI=1S/C24H22N2/c1-17(2)19-5-7-21(8-6-19)22-11-15-24(16-12-22)26-25-23-13-9-20(10-14-23)18(3)4/h5-16H,1,3H2,2,4H3/b26-25+. The van der Waals surface area contributed by atoms with Crippen LogP contribution in [0.15, 0.2) is 96.2 Å². The summed E-state index contributed by atoms with van der Waals surface area (Å²) in [5.41, 5.74) is 8.38. The van der Waals surface area contributed by atoms with E-state index in [1.807, 2.05) is 50.2 Å². The van der Waals surface area contributed by atoms with Gasteiger partial charge in [0.25, 0.3) is 0 Å². The van der Waals surface area contributed by atoms with Gasteiger partial charge in [0.05, 0.1) is 11.4 Å². The molecular formula is C24H22N2. The van der Waals surface area contributed by atoms with E-state index in [4.69, 9.17) is 0 Å². The quantitative estimate of drug-likeness (QED) is 0.423. The lowest BCUT2D eigenvalue weighted by atomic mass is 10.0. The summed E-state index contributed by atoms with van der Waals surface area (Å²) in [7, 11) is 0. The van der Waals surface area contributed by atoms with Gasteiger partial charge in [0, 0.05) is 0 Å². The Labute approximate surface area is 155 Å². The molecule has 0 saturated carbocycles. The van der Waals surface area contributed by atoms with Gasteiger partial charge < -0.3 is 0 Å². The Balaban J connectivity index is 1.72. The Hall–Kier alpha value is -3.26. The minimum Gasteiger partial charge on any atom is -0.151 e. The van der Waals surface area contributed by atoms with E-state index < -0.39 is 0 Å². The molecule has 0 radical (unpaired) electrons. The minimum absolute atomic E-state index is 0.828. The number of nitrogens with zero attached hydrogens (tertiary/aromatic N) is 2. The topological polar surface area (TPSA) is 24.7 Å². The Bertz CT molecular complexity index is 945. The van der Waals surface area contributed by atoms with Gasteiger partial charge in [-0.05, 0) is 60.4 Å². The van der Waals surface area contributed by atoms with E-state index in [-0.39, 0.29) is 0 Å². The predicted octanol–water partition coefficient (Wildman–Crippen LogP) is 7.84. The summed E-state index contributed by atoms with van der Waals surface area (Å²) in [4.78, 5) is 0. The van der Waals surface area contributed by atoms with E-state index in [1.54, 1.807) is 0 Å². The largest absolute Gasteiger partial charge is 0.151 e. The highest BCUT2D eigenvalue weighted by Gasteiger charge is 2.00. The lowest BCUT2D eigenvalue weighted by Crippen LogP contribution is -1.80. The molecule has 0 spiro atoms. The predicted molar refractivity (Wildman–Crippen MR) is 112 cm³/mol. The van der Waals surface area contributed by atoms with E-state index >= 15 is 0 Å². The third kappa shape index (κ3) is 4.22. The zero-order valence-corrected chi connectivity index (χ0v) is 15.2. The van der Waals surface area contributed by atoms with Crippen LogP contribution in [-0.2, 0) is 0 Å². The van der Waals surface area contributed by atoms with E-state index in [1.165, 1.54) is 5.56 Å². The van der Waals surface area contributed by atoms with Crippen molar-refractivity contribution in [3.63, 3.8) is 0 Å². The van der Waals surface area contributed by atoms with E-state index in [9.17, 15) is 0 Å². The van der Waals surface area contributed by atoms with Crippen LogP contribution in [0.5, 0.6) is 0 Å². The average molecular weight is 338 g/mol. The molecule has 2 nitrogen and oxygen atoms in total. The molecule has 0 unspecified atom stereocenters. The highest BCUT2D eigenvalue weighted by Crippen LogP contribution is 2.26. The van der Waals surface area contributed by atoms with Gasteiger partial charge >= 0.3 is 0 Å². The van der Waals surface area contributed by atoms with Crippen LogP contribution < -0.4 is 0 Å². The monoisotopic (exact) mass is 338 g/mol. The second kappa shape index (κ2) is 7.75. The summed E-state index contributed by atoms with van der Waals surface area (Å²) < 4.78 is 0. The fourth-order valence-corrected chi connectivity index (χ4v) is 2.60. The molecule has 0 aliphatic heterocycles. The molecule has 0 fully saturated rings. The van der Waals surface area contributed by atoms with Gasteiger partial charge in [0.2, 0.25) is 0 Å². The second-order valence-corrected chi connectivity index (χ2v) is 6.43. The molecule has 0 saturated heterocycles. The molecule has 2 heteroatoms. The third-order valence-corrected chi connectivity index (χ3v) is 4.22. The van der Waals surface area contributed by atoms with Gasteiger partial charge in [-0.2, -0.15) is 10.2 Å². The minimum atomic E-state index is 0.828. The molecule has 0 aromatic heterocycles. The smallest absolute Gasteiger partial charge is 0.0857 e. The summed E-state index contributed by atoms with van der Waals surface area (Å²) >= 11 is 0. The average Bonchev–Trinajstić information content (AvgIpc) is 2.67. The number of hydrogen-bond acceptors (Lipinski definition) is 2. The van der Waals surface area contributed by atoms with Crippen LogP contribution in [-0.4, -0.2) is 0 Å². The highest BCUT2D eigenvalue weighted by atomic mass is 15.1. The maximum atomic E-state index is 4.31. The lowest BCUT2D eigenvalue weighted by molar-refractivity contribution is 1.23. The molecule has 0 amide bonds. The van der Waals surface area contributed by atoms with Crippen LogP contribution >= 0.6 is 0 Å². The van der Waals surface area contributed by atoms with Gasteiger partial charge in [0.1, 0.15) is 0 Å². The molecule has 0 heterocycles. The van der Waals surface area contributed by atoms with Crippen LogP contribution in [0.1, 0.15) is 25.0 Å². The van der Waals surface area contributed by atoms with Crippen molar-refractivity contribution in [1.29, 1.82) is 0 Å². The van der Waals surface area contributed by atoms with Crippen molar-refractivity contribution in [3.05, 3.63) is 97.1 Å². The molecule has 128 valence electrons. The molecule has 3 rings (SSSR count). The molecule has 0 N–H and O–H groups in total. The molecule has 3 aromatic rings. The van der Waals surface area contributed by atoms with Crippen molar-refractivity contribution in [1.82, 2.24) is 0 Å². The molecule has 3 aromatic carbocycles. The van der Waals surface area contributed by atoms with Gasteiger partial charge in [-0.1, -0.05) is 72.8 Å². The fraction of sp³-hybridized carbons (Fsp3) is 0.0833. The summed E-state index contributed by atoms with van der Waals surface area (Å²) in [6.07, 6.45) is 0. The highest BCUT2D eigenvalue weighted by molar-refractivity contribution is 5.69. The van der Waals surface area contributed by atoms with Crippen molar-refractivity contribution in [2.45, 2.75) is 13.8 Å². The number of azo groups is 1. The number of hydrogen-bond donors (Lipinski definition) is 0. The lowest BCUT2D eigenvalue weighted by Gasteiger charge is -2.04. The van der Waals surface area contributed by atoms with Crippen molar-refractivity contribution in [2.75, 3.05) is 0 Å². The fourth-order valence-electron chi connectivity index (χ4n) is 2.60. The first-order valence-electron chi connectivity index (χ1n) is 8.57. The molecule has 0 atom stereocenters. The number of benzene rings is 3. The number of allylic oxidation sites excluding steroid dienone is 2. The SMILES string of the molecule is C=C(C)c1ccc(/N=N/c2ccc(-c3ccc(C(=C)C)cc3)cc2)cc1. The Morgan fingerprint density at radius 2 is 0.846 bits per heavy atom. The van der Waals surface area contributed by atoms with E-state index in [0.29, 0.717) is 0 Å². The Morgan fingerprint density at radius 1 is 0.538 bits per heavy atom. The number of rotatable bonds is 5. The van der Waals surface area contributed by atoms with Crippen molar-refractivity contribution in [3.8, 4) is 11.1 Å². The second-order valence-electron chi connectivity index (χ2n) is 6.43.